The number of nitrogens with zero attached hydrogens (tertiary/aromatic N) is 2. The van der Waals surface area contributed by atoms with Crippen LogP contribution < -0.4 is 5.32 Å². The first-order chi connectivity index (χ1) is 9.16. The topological polar surface area (TPSA) is 65.4 Å². The van der Waals surface area contributed by atoms with Gasteiger partial charge in [0, 0.05) is 45.1 Å². The average Bonchev–Trinajstić information content (AvgIpc) is 2.84. The molecule has 1 aliphatic rings. The van der Waals surface area contributed by atoms with Gasteiger partial charge in [-0.05, 0) is 12.8 Å². The summed E-state index contributed by atoms with van der Waals surface area (Å²) in [4.78, 5) is 12.0. The minimum absolute atomic E-state index is 0.144. The molecule has 2 heterocycles. The summed E-state index contributed by atoms with van der Waals surface area (Å²) in [6.07, 6.45) is 5.20. The molecule has 0 amide bonds. The van der Waals surface area contributed by atoms with Crippen LogP contribution in [0.5, 0.6) is 0 Å². The van der Waals surface area contributed by atoms with Crippen molar-refractivity contribution in [2.24, 2.45) is 12.5 Å². The van der Waals surface area contributed by atoms with Gasteiger partial charge in [-0.2, -0.15) is 5.10 Å². The highest BCUT2D eigenvalue weighted by Crippen LogP contribution is 2.31. The Balaban J connectivity index is 1.91. The first-order valence-electron chi connectivity index (χ1n) is 6.51. The van der Waals surface area contributed by atoms with Crippen LogP contribution in [-0.4, -0.2) is 42.6 Å². The van der Waals surface area contributed by atoms with Crippen LogP contribution in [0.1, 0.15) is 18.4 Å². The summed E-state index contributed by atoms with van der Waals surface area (Å²) in [6.45, 7) is 2.54. The molecule has 6 nitrogen and oxygen atoms in total. The van der Waals surface area contributed by atoms with Crippen molar-refractivity contribution in [3.8, 4) is 0 Å². The Kier molecular flexibility index (Phi) is 4.55. The standard InChI is InChI=1S/C13H21N3O3/c1-16-9-11(8-15-16)7-14-10-13(12(17)18-2)3-5-19-6-4-13/h8-9,14H,3-7,10H2,1-2H3. The van der Waals surface area contributed by atoms with Crippen LogP contribution in [0.4, 0.5) is 0 Å². The maximum Gasteiger partial charge on any atom is 0.313 e. The van der Waals surface area contributed by atoms with E-state index in [9.17, 15) is 4.79 Å². The number of aromatic nitrogens is 2. The molecule has 1 fully saturated rings. The van der Waals surface area contributed by atoms with Gasteiger partial charge in [0.15, 0.2) is 0 Å². The van der Waals surface area contributed by atoms with Crippen LogP contribution in [0, 0.1) is 5.41 Å². The third-order valence-electron chi connectivity index (χ3n) is 3.62. The van der Waals surface area contributed by atoms with Gasteiger partial charge in [0.2, 0.25) is 0 Å². The van der Waals surface area contributed by atoms with Gasteiger partial charge in [-0.1, -0.05) is 0 Å². The minimum atomic E-state index is -0.449. The number of hydrogen-bond donors (Lipinski definition) is 1. The Morgan fingerprint density at radius 3 is 2.89 bits per heavy atom. The molecule has 0 unspecified atom stereocenters. The van der Waals surface area contributed by atoms with Gasteiger partial charge in [-0.15, -0.1) is 0 Å². The molecule has 106 valence electrons. The van der Waals surface area contributed by atoms with Crippen LogP contribution in [0.2, 0.25) is 0 Å². The second-order valence-corrected chi connectivity index (χ2v) is 5.01. The lowest BCUT2D eigenvalue weighted by Gasteiger charge is -2.34. The zero-order chi connectivity index (χ0) is 13.7. The second-order valence-electron chi connectivity index (χ2n) is 5.01. The highest BCUT2D eigenvalue weighted by molar-refractivity contribution is 5.77. The smallest absolute Gasteiger partial charge is 0.313 e. The van der Waals surface area contributed by atoms with Crippen LogP contribution in [0.3, 0.4) is 0 Å². The molecule has 19 heavy (non-hydrogen) atoms. The summed E-state index contributed by atoms with van der Waals surface area (Å²) in [5.41, 5.74) is 0.657. The normalized spacial score (nSPS) is 18.2. The number of rotatable bonds is 5. The van der Waals surface area contributed by atoms with Gasteiger partial charge in [-0.3, -0.25) is 9.48 Å². The van der Waals surface area contributed by atoms with Crippen molar-refractivity contribution in [3.63, 3.8) is 0 Å². The average molecular weight is 267 g/mol. The van der Waals surface area contributed by atoms with E-state index in [1.165, 1.54) is 7.11 Å². The van der Waals surface area contributed by atoms with Crippen molar-refractivity contribution >= 4 is 5.97 Å². The molecule has 1 N–H and O–H groups in total. The van der Waals surface area contributed by atoms with Crippen LogP contribution in [0.25, 0.3) is 0 Å². The molecule has 1 saturated heterocycles. The van der Waals surface area contributed by atoms with Crippen molar-refractivity contribution in [1.82, 2.24) is 15.1 Å². The highest BCUT2D eigenvalue weighted by Gasteiger charge is 2.40. The predicted molar refractivity (Wildman–Crippen MR) is 69.4 cm³/mol. The molecule has 0 atom stereocenters. The number of carbonyl (C=O) groups excluding carboxylic acids is 1. The zero-order valence-corrected chi connectivity index (χ0v) is 11.5. The zero-order valence-electron chi connectivity index (χ0n) is 11.5. The van der Waals surface area contributed by atoms with Gasteiger partial charge in [0.1, 0.15) is 0 Å². The molecule has 0 saturated carbocycles. The Morgan fingerprint density at radius 1 is 1.58 bits per heavy atom. The van der Waals surface area contributed by atoms with Crippen LogP contribution in [-0.2, 0) is 27.9 Å². The van der Waals surface area contributed by atoms with E-state index in [0.717, 1.165) is 5.56 Å². The lowest BCUT2D eigenvalue weighted by Crippen LogP contribution is -2.45. The third kappa shape index (κ3) is 3.33. The molecule has 0 radical (unpaired) electrons. The van der Waals surface area contributed by atoms with E-state index in [1.54, 1.807) is 4.68 Å². The fraction of sp³-hybridized carbons (Fsp3) is 0.692. The quantitative estimate of drug-likeness (QED) is 0.786. The van der Waals surface area contributed by atoms with Crippen molar-refractivity contribution in [2.45, 2.75) is 19.4 Å². The number of nitrogens with one attached hydrogen (secondary N) is 1. The lowest BCUT2D eigenvalue weighted by atomic mass is 9.80. The van der Waals surface area contributed by atoms with E-state index in [2.05, 4.69) is 10.4 Å². The number of aryl methyl sites for hydroxylation is 1. The second kappa shape index (κ2) is 6.16. The maximum atomic E-state index is 12.0. The van der Waals surface area contributed by atoms with Crippen molar-refractivity contribution in [2.75, 3.05) is 26.9 Å². The summed E-state index contributed by atoms with van der Waals surface area (Å²) in [5.74, 6) is -0.144. The number of methoxy groups -OCH3 is 1. The van der Waals surface area contributed by atoms with Crippen molar-refractivity contribution in [1.29, 1.82) is 0 Å². The van der Waals surface area contributed by atoms with Crippen molar-refractivity contribution < 1.29 is 14.3 Å². The largest absolute Gasteiger partial charge is 0.469 e. The van der Waals surface area contributed by atoms with Gasteiger partial charge < -0.3 is 14.8 Å². The molecule has 1 aromatic heterocycles. The van der Waals surface area contributed by atoms with Gasteiger partial charge in [-0.25, -0.2) is 0 Å². The first kappa shape index (κ1) is 14.0. The van der Waals surface area contributed by atoms with E-state index in [4.69, 9.17) is 9.47 Å². The number of esters is 1. The van der Waals surface area contributed by atoms with E-state index >= 15 is 0 Å². The molecule has 1 aliphatic heterocycles. The van der Waals surface area contributed by atoms with Gasteiger partial charge in [0.05, 0.1) is 18.7 Å². The van der Waals surface area contributed by atoms with Crippen molar-refractivity contribution in [3.05, 3.63) is 18.0 Å². The number of hydrogen-bond acceptors (Lipinski definition) is 5. The summed E-state index contributed by atoms with van der Waals surface area (Å²) in [6, 6.07) is 0. The Hall–Kier alpha value is -1.40. The molecule has 2 rings (SSSR count). The van der Waals surface area contributed by atoms with E-state index in [1.807, 2.05) is 19.4 Å². The summed E-state index contributed by atoms with van der Waals surface area (Å²) in [7, 11) is 3.33. The molecule has 6 heteroatoms. The SMILES string of the molecule is COC(=O)C1(CNCc2cnn(C)c2)CCOCC1. The molecular formula is C13H21N3O3. The lowest BCUT2D eigenvalue weighted by molar-refractivity contribution is -0.158. The molecule has 0 aromatic carbocycles. The summed E-state index contributed by atoms with van der Waals surface area (Å²) < 4.78 is 12.1. The van der Waals surface area contributed by atoms with Crippen LogP contribution >= 0.6 is 0 Å². The van der Waals surface area contributed by atoms with E-state index in [-0.39, 0.29) is 5.97 Å². The third-order valence-corrected chi connectivity index (χ3v) is 3.62. The molecule has 0 bridgehead atoms. The fourth-order valence-electron chi connectivity index (χ4n) is 2.44. The Morgan fingerprint density at radius 2 is 2.32 bits per heavy atom. The van der Waals surface area contributed by atoms with E-state index < -0.39 is 5.41 Å². The Bertz CT molecular complexity index is 425. The number of carbonyl (C=O) groups is 1. The Labute approximate surface area is 113 Å². The fourth-order valence-corrected chi connectivity index (χ4v) is 2.44. The summed E-state index contributed by atoms with van der Waals surface area (Å²) >= 11 is 0. The molecular weight excluding hydrogens is 246 g/mol. The predicted octanol–water partition coefficient (Wildman–Crippen LogP) is 0.479. The van der Waals surface area contributed by atoms with Crippen LogP contribution in [0.15, 0.2) is 12.4 Å². The van der Waals surface area contributed by atoms with Gasteiger partial charge >= 0.3 is 5.97 Å². The molecule has 0 aliphatic carbocycles. The maximum absolute atomic E-state index is 12.0. The van der Waals surface area contributed by atoms with E-state index in [0.29, 0.717) is 39.1 Å². The summed E-state index contributed by atoms with van der Waals surface area (Å²) in [5, 5.41) is 7.45. The number of ether oxygens (including phenoxy) is 2. The first-order valence-corrected chi connectivity index (χ1v) is 6.51. The minimum Gasteiger partial charge on any atom is -0.469 e. The molecule has 0 spiro atoms. The van der Waals surface area contributed by atoms with Gasteiger partial charge in [0.25, 0.3) is 0 Å². The highest BCUT2D eigenvalue weighted by atomic mass is 16.5. The molecule has 1 aromatic rings. The monoisotopic (exact) mass is 267 g/mol.